The van der Waals surface area contributed by atoms with Gasteiger partial charge in [0.15, 0.2) is 0 Å². The zero-order valence-electron chi connectivity index (χ0n) is 5.87. The lowest BCUT2D eigenvalue weighted by Crippen LogP contribution is -1.86. The van der Waals surface area contributed by atoms with Crippen molar-refractivity contribution in [1.82, 2.24) is 4.98 Å². The fraction of sp³-hybridized carbons (Fsp3) is 0.500. The summed E-state index contributed by atoms with van der Waals surface area (Å²) in [5, 5.41) is 9.87. The van der Waals surface area contributed by atoms with Crippen LogP contribution in [0, 0.1) is 0 Å². The quantitative estimate of drug-likeness (QED) is 0.697. The van der Waals surface area contributed by atoms with Crippen LogP contribution in [0.25, 0.3) is 0 Å². The molecule has 0 saturated carbocycles. The molecule has 0 aromatic carbocycles. The van der Waals surface area contributed by atoms with Gasteiger partial charge in [0.25, 0.3) is 0 Å². The summed E-state index contributed by atoms with van der Waals surface area (Å²) in [6.45, 7) is 1.73. The summed E-state index contributed by atoms with van der Waals surface area (Å²) in [4.78, 5) is 4.03. The summed E-state index contributed by atoms with van der Waals surface area (Å²) in [6.07, 6.45) is 3.36. The van der Waals surface area contributed by atoms with Crippen molar-refractivity contribution in [2.75, 3.05) is 6.26 Å². The van der Waals surface area contributed by atoms with E-state index in [4.69, 9.17) is 5.11 Å². The first-order valence-electron chi connectivity index (χ1n) is 2.92. The Morgan fingerprint density at radius 1 is 1.80 bits per heavy atom. The number of nitrogens with zero attached hydrogens (tertiary/aromatic N) is 1. The Bertz CT molecular complexity index is 209. The topological polar surface area (TPSA) is 33.1 Å². The van der Waals surface area contributed by atoms with Crippen molar-refractivity contribution in [3.63, 3.8) is 0 Å². The molecule has 0 aliphatic heterocycles. The van der Waals surface area contributed by atoms with E-state index in [1.165, 1.54) is 0 Å². The van der Waals surface area contributed by atoms with E-state index in [1.807, 2.05) is 6.26 Å². The fourth-order valence-electron chi connectivity index (χ4n) is 0.560. The van der Waals surface area contributed by atoms with Gasteiger partial charge in [-0.2, -0.15) is 0 Å². The minimum absolute atomic E-state index is 0.425. The molecular weight excluding hydrogens is 166 g/mol. The summed E-state index contributed by atoms with van der Waals surface area (Å²) in [5.41, 5.74) is 0. The average Bonchev–Trinajstić information content (AvgIpc) is 2.34. The van der Waals surface area contributed by atoms with Crippen LogP contribution >= 0.6 is 23.1 Å². The molecule has 0 fully saturated rings. The Labute approximate surface area is 68.3 Å². The summed E-state index contributed by atoms with van der Waals surface area (Å²) in [7, 11) is 0. The maximum Gasteiger partial charge on any atom is 0.122 e. The zero-order chi connectivity index (χ0) is 7.56. The molecule has 1 unspecified atom stereocenters. The molecule has 1 atom stereocenters. The van der Waals surface area contributed by atoms with Gasteiger partial charge >= 0.3 is 0 Å². The summed E-state index contributed by atoms with van der Waals surface area (Å²) < 4.78 is 1.15. The van der Waals surface area contributed by atoms with Crippen LogP contribution in [0.15, 0.2) is 10.4 Å². The van der Waals surface area contributed by atoms with Gasteiger partial charge in [-0.3, -0.25) is 0 Å². The third-order valence-corrected chi connectivity index (χ3v) is 3.28. The van der Waals surface area contributed by atoms with Crippen LogP contribution in [0.1, 0.15) is 18.0 Å². The number of hydrogen-bond donors (Lipinski definition) is 1. The third kappa shape index (κ3) is 1.71. The fourth-order valence-corrected chi connectivity index (χ4v) is 1.89. The Morgan fingerprint density at radius 2 is 2.50 bits per heavy atom. The lowest BCUT2D eigenvalue weighted by Gasteiger charge is -1.94. The van der Waals surface area contributed by atoms with Crippen molar-refractivity contribution in [2.24, 2.45) is 0 Å². The van der Waals surface area contributed by atoms with Crippen molar-refractivity contribution in [2.45, 2.75) is 17.2 Å². The van der Waals surface area contributed by atoms with Gasteiger partial charge < -0.3 is 5.11 Å². The van der Waals surface area contributed by atoms with Gasteiger partial charge in [-0.15, -0.1) is 23.1 Å². The predicted molar refractivity (Wildman–Crippen MR) is 44.5 cm³/mol. The molecule has 2 nitrogen and oxygen atoms in total. The largest absolute Gasteiger partial charge is 0.386 e. The molecule has 0 saturated heterocycles. The van der Waals surface area contributed by atoms with Crippen LogP contribution in [0.5, 0.6) is 0 Å². The van der Waals surface area contributed by atoms with Gasteiger partial charge in [0.1, 0.15) is 11.1 Å². The minimum atomic E-state index is -0.425. The molecule has 56 valence electrons. The number of hydrogen-bond acceptors (Lipinski definition) is 4. The second-order valence-corrected chi connectivity index (χ2v) is 4.07. The van der Waals surface area contributed by atoms with Crippen molar-refractivity contribution < 1.29 is 5.11 Å². The summed E-state index contributed by atoms with van der Waals surface area (Å²) in [6, 6.07) is 0. The molecule has 0 bridgehead atoms. The van der Waals surface area contributed by atoms with E-state index in [-0.39, 0.29) is 0 Å². The molecule has 4 heteroatoms. The highest BCUT2D eigenvalue weighted by molar-refractivity contribution is 8.00. The molecule has 1 heterocycles. The smallest absolute Gasteiger partial charge is 0.122 e. The van der Waals surface area contributed by atoms with Gasteiger partial charge in [-0.05, 0) is 13.2 Å². The highest BCUT2D eigenvalue weighted by Gasteiger charge is 2.05. The second kappa shape index (κ2) is 3.37. The van der Waals surface area contributed by atoms with E-state index in [2.05, 4.69) is 4.98 Å². The van der Waals surface area contributed by atoms with Gasteiger partial charge in [0, 0.05) is 0 Å². The molecule has 0 radical (unpaired) electrons. The lowest BCUT2D eigenvalue weighted by molar-refractivity contribution is 0.199. The molecule has 0 amide bonds. The molecule has 1 aromatic heterocycles. The van der Waals surface area contributed by atoms with Gasteiger partial charge in [0.2, 0.25) is 0 Å². The van der Waals surface area contributed by atoms with Crippen LogP contribution in [0.3, 0.4) is 0 Å². The van der Waals surface area contributed by atoms with Crippen LogP contribution in [-0.2, 0) is 0 Å². The monoisotopic (exact) mass is 175 g/mol. The zero-order valence-corrected chi connectivity index (χ0v) is 7.50. The van der Waals surface area contributed by atoms with E-state index in [9.17, 15) is 0 Å². The number of aliphatic hydroxyl groups is 1. The lowest BCUT2D eigenvalue weighted by atomic mass is 10.4. The van der Waals surface area contributed by atoms with Gasteiger partial charge in [-0.1, -0.05) is 0 Å². The molecule has 1 rings (SSSR count). The van der Waals surface area contributed by atoms with E-state index in [1.54, 1.807) is 36.2 Å². The third-order valence-electron chi connectivity index (χ3n) is 1.06. The maximum absolute atomic E-state index is 9.07. The molecular formula is C6H9NOS2. The van der Waals surface area contributed by atoms with Gasteiger partial charge in [-0.25, -0.2) is 4.98 Å². The van der Waals surface area contributed by atoms with E-state index >= 15 is 0 Å². The summed E-state index contributed by atoms with van der Waals surface area (Å²) in [5.74, 6) is 0. The van der Waals surface area contributed by atoms with Crippen LogP contribution in [-0.4, -0.2) is 16.3 Å². The molecule has 1 aromatic rings. The Morgan fingerprint density at radius 3 is 2.80 bits per heavy atom. The molecule has 0 spiro atoms. The van der Waals surface area contributed by atoms with Crippen LogP contribution in [0.4, 0.5) is 0 Å². The Kier molecular flexibility index (Phi) is 2.71. The highest BCUT2D eigenvalue weighted by Crippen LogP contribution is 2.25. The number of aliphatic hydroxyl groups excluding tert-OH is 1. The van der Waals surface area contributed by atoms with Crippen molar-refractivity contribution in [1.29, 1.82) is 0 Å². The average molecular weight is 175 g/mol. The molecule has 10 heavy (non-hydrogen) atoms. The number of thiazole rings is 1. The first-order chi connectivity index (χ1) is 4.74. The first-order valence-corrected chi connectivity index (χ1v) is 4.96. The molecule has 0 aliphatic rings. The normalized spacial score (nSPS) is 13.5. The SMILES string of the molecule is CSc1cnc(C(C)O)s1. The molecule has 1 N–H and O–H groups in total. The van der Waals surface area contributed by atoms with Crippen LogP contribution < -0.4 is 0 Å². The summed E-state index contributed by atoms with van der Waals surface area (Å²) >= 11 is 3.19. The maximum atomic E-state index is 9.07. The number of aromatic nitrogens is 1. The Balaban J connectivity index is 2.78. The van der Waals surface area contributed by atoms with Crippen LogP contribution in [0.2, 0.25) is 0 Å². The second-order valence-electron chi connectivity index (χ2n) is 1.90. The van der Waals surface area contributed by atoms with E-state index < -0.39 is 6.10 Å². The minimum Gasteiger partial charge on any atom is -0.386 e. The van der Waals surface area contributed by atoms with Gasteiger partial charge in [0.05, 0.1) is 10.4 Å². The van der Waals surface area contributed by atoms with Crippen molar-refractivity contribution >= 4 is 23.1 Å². The Hall–Kier alpha value is -0.0600. The molecule has 0 aliphatic carbocycles. The van der Waals surface area contributed by atoms with E-state index in [0.29, 0.717) is 0 Å². The van der Waals surface area contributed by atoms with E-state index in [0.717, 1.165) is 9.22 Å². The van der Waals surface area contributed by atoms with Crippen molar-refractivity contribution in [3.8, 4) is 0 Å². The van der Waals surface area contributed by atoms with Crippen molar-refractivity contribution in [3.05, 3.63) is 11.2 Å². The highest BCUT2D eigenvalue weighted by atomic mass is 32.2. The standard InChI is InChI=1S/C6H9NOS2/c1-4(8)6-7-3-5(9-2)10-6/h3-4,8H,1-2H3. The number of thioether (sulfide) groups is 1. The predicted octanol–water partition coefficient (Wildman–Crippen LogP) is 1.92. The first kappa shape index (κ1) is 8.04. The number of rotatable bonds is 2.